The van der Waals surface area contributed by atoms with Crippen molar-refractivity contribution in [1.29, 1.82) is 5.26 Å². The van der Waals surface area contributed by atoms with Gasteiger partial charge in [-0.2, -0.15) is 5.26 Å². The molecule has 0 saturated heterocycles. The highest BCUT2D eigenvalue weighted by Crippen LogP contribution is 2.27. The molecule has 1 amide bonds. The lowest BCUT2D eigenvalue weighted by Gasteiger charge is -2.12. The summed E-state index contributed by atoms with van der Waals surface area (Å²) in [6.45, 7) is 5.16. The second-order valence-electron chi connectivity index (χ2n) is 6.44. The van der Waals surface area contributed by atoms with Gasteiger partial charge in [-0.25, -0.2) is 4.98 Å². The molecule has 0 unspecified atom stereocenters. The summed E-state index contributed by atoms with van der Waals surface area (Å²) < 4.78 is 7.10. The first-order valence-electron chi connectivity index (χ1n) is 9.01. The molecule has 0 aliphatic rings. The first kappa shape index (κ1) is 20.0. The predicted octanol–water partition coefficient (Wildman–Crippen LogP) is 3.62. The van der Waals surface area contributed by atoms with Crippen LogP contribution >= 0.6 is 11.8 Å². The number of nitriles is 1. The van der Waals surface area contributed by atoms with E-state index in [2.05, 4.69) is 21.4 Å². The number of para-hydroxylation sites is 2. The Kier molecular flexibility index (Phi) is 6.39. The summed E-state index contributed by atoms with van der Waals surface area (Å²) in [6.07, 6.45) is 0.799. The number of benzene rings is 1. The fraction of sp³-hybridized carbons (Fsp3) is 0.350. The summed E-state index contributed by atoms with van der Waals surface area (Å²) in [4.78, 5) is 20.2. The number of carbonyl (C=O) groups is 1. The van der Waals surface area contributed by atoms with Gasteiger partial charge < -0.3 is 19.6 Å². The summed E-state index contributed by atoms with van der Waals surface area (Å²) in [5.74, 6) is 0.586. The van der Waals surface area contributed by atoms with Crippen molar-refractivity contribution in [3.05, 3.63) is 41.1 Å². The zero-order valence-electron chi connectivity index (χ0n) is 16.2. The van der Waals surface area contributed by atoms with Crippen LogP contribution in [0.4, 0.5) is 5.82 Å². The molecule has 1 aromatic carbocycles. The van der Waals surface area contributed by atoms with E-state index in [1.807, 2.05) is 42.7 Å². The summed E-state index contributed by atoms with van der Waals surface area (Å²) in [7, 11) is 1.66. The molecule has 0 bridgehead atoms. The number of hydrogen-bond donors (Lipinski definition) is 2. The number of hydrogen-bond acceptors (Lipinski definition) is 5. The molecule has 2 N–H and O–H groups in total. The van der Waals surface area contributed by atoms with E-state index in [4.69, 9.17) is 4.74 Å². The van der Waals surface area contributed by atoms with Crippen molar-refractivity contribution in [2.75, 3.05) is 24.8 Å². The topological polar surface area (TPSA) is 95.7 Å². The van der Waals surface area contributed by atoms with E-state index in [9.17, 15) is 10.1 Å². The Morgan fingerprint density at radius 3 is 2.89 bits per heavy atom. The minimum absolute atomic E-state index is 0.174. The molecule has 28 heavy (non-hydrogen) atoms. The fourth-order valence-electron chi connectivity index (χ4n) is 3.08. The second kappa shape index (κ2) is 8.95. The molecule has 0 fully saturated rings. The van der Waals surface area contributed by atoms with Crippen LogP contribution in [-0.4, -0.2) is 39.9 Å². The average Bonchev–Trinajstić information content (AvgIpc) is 3.20. The van der Waals surface area contributed by atoms with E-state index in [1.165, 1.54) is 11.8 Å². The number of ether oxygens (including phenoxy) is 1. The largest absolute Gasteiger partial charge is 0.385 e. The molecule has 0 aliphatic heterocycles. The number of imidazole rings is 1. The zero-order chi connectivity index (χ0) is 20.1. The molecule has 0 aliphatic carbocycles. The smallest absolute Gasteiger partial charge is 0.235 e. The summed E-state index contributed by atoms with van der Waals surface area (Å²) in [5, 5.41) is 13.2. The Hall–Kier alpha value is -2.76. The third-order valence-corrected chi connectivity index (χ3v) is 5.51. The summed E-state index contributed by atoms with van der Waals surface area (Å²) in [6, 6.07) is 9.96. The quantitative estimate of drug-likeness (QED) is 0.447. The SMILES string of the molecule is COCCCn1c(C)c(C)c(C#N)c1NC(=O)CSc1nc2ccccc2[nH]1. The van der Waals surface area contributed by atoms with Crippen molar-refractivity contribution in [2.45, 2.75) is 32.0 Å². The number of fused-ring (bicyclic) bond motifs is 1. The van der Waals surface area contributed by atoms with Crippen LogP contribution in [0.3, 0.4) is 0 Å². The van der Waals surface area contributed by atoms with Crippen molar-refractivity contribution >= 4 is 34.5 Å². The minimum atomic E-state index is -0.174. The number of aromatic nitrogens is 3. The highest BCUT2D eigenvalue weighted by atomic mass is 32.2. The molecule has 3 rings (SSSR count). The van der Waals surface area contributed by atoms with Crippen molar-refractivity contribution in [1.82, 2.24) is 14.5 Å². The molecule has 7 nitrogen and oxygen atoms in total. The molecule has 8 heteroatoms. The number of rotatable bonds is 8. The summed E-state index contributed by atoms with van der Waals surface area (Å²) in [5.41, 5.74) is 4.19. The molecule has 0 spiro atoms. The molecular formula is C20H23N5O2S. The second-order valence-corrected chi connectivity index (χ2v) is 7.40. The average molecular weight is 398 g/mol. The molecule has 0 saturated carbocycles. The highest BCUT2D eigenvalue weighted by Gasteiger charge is 2.19. The van der Waals surface area contributed by atoms with Crippen LogP contribution in [0, 0.1) is 25.2 Å². The minimum Gasteiger partial charge on any atom is -0.385 e. The van der Waals surface area contributed by atoms with Crippen LogP contribution < -0.4 is 5.32 Å². The summed E-state index contributed by atoms with van der Waals surface area (Å²) >= 11 is 1.33. The zero-order valence-corrected chi connectivity index (χ0v) is 17.0. The van der Waals surface area contributed by atoms with Gasteiger partial charge in [0, 0.05) is 26.0 Å². The molecule has 3 aromatic rings. The maximum atomic E-state index is 12.6. The molecule has 146 valence electrons. The Balaban J connectivity index is 1.71. The number of methoxy groups -OCH3 is 1. The number of thioether (sulfide) groups is 1. The maximum Gasteiger partial charge on any atom is 0.235 e. The van der Waals surface area contributed by atoms with Crippen LogP contribution in [-0.2, 0) is 16.1 Å². The number of nitrogens with zero attached hydrogens (tertiary/aromatic N) is 3. The van der Waals surface area contributed by atoms with Gasteiger partial charge in [-0.1, -0.05) is 23.9 Å². The van der Waals surface area contributed by atoms with Crippen molar-refractivity contribution in [3.8, 4) is 6.07 Å². The highest BCUT2D eigenvalue weighted by molar-refractivity contribution is 7.99. The van der Waals surface area contributed by atoms with E-state index in [-0.39, 0.29) is 11.7 Å². The van der Waals surface area contributed by atoms with E-state index < -0.39 is 0 Å². The van der Waals surface area contributed by atoms with E-state index in [0.29, 0.717) is 29.7 Å². The van der Waals surface area contributed by atoms with Gasteiger partial charge in [0.2, 0.25) is 5.91 Å². The predicted molar refractivity (Wildman–Crippen MR) is 111 cm³/mol. The standard InChI is InChI=1S/C20H23N5O2S/c1-13-14(2)25(9-6-10-27-3)19(15(13)11-21)24-18(26)12-28-20-22-16-7-4-5-8-17(16)23-20/h4-5,7-8H,6,9-10,12H2,1-3H3,(H,22,23)(H,24,26). The van der Waals surface area contributed by atoms with Gasteiger partial charge in [-0.05, 0) is 38.0 Å². The van der Waals surface area contributed by atoms with E-state index in [1.54, 1.807) is 7.11 Å². The Morgan fingerprint density at radius 2 is 2.18 bits per heavy atom. The third kappa shape index (κ3) is 4.21. The van der Waals surface area contributed by atoms with Crippen LogP contribution in [0.2, 0.25) is 0 Å². The van der Waals surface area contributed by atoms with Crippen LogP contribution in [0.5, 0.6) is 0 Å². The van der Waals surface area contributed by atoms with Gasteiger partial charge >= 0.3 is 0 Å². The Labute approximate surface area is 168 Å². The van der Waals surface area contributed by atoms with Crippen LogP contribution in [0.1, 0.15) is 23.2 Å². The van der Waals surface area contributed by atoms with Gasteiger partial charge in [-0.3, -0.25) is 4.79 Å². The van der Waals surface area contributed by atoms with E-state index in [0.717, 1.165) is 28.7 Å². The van der Waals surface area contributed by atoms with Gasteiger partial charge in [0.15, 0.2) is 5.16 Å². The lowest BCUT2D eigenvalue weighted by Crippen LogP contribution is -2.18. The molecule has 0 atom stereocenters. The lowest BCUT2D eigenvalue weighted by atomic mass is 10.2. The van der Waals surface area contributed by atoms with Gasteiger partial charge in [0.1, 0.15) is 11.9 Å². The lowest BCUT2D eigenvalue weighted by molar-refractivity contribution is -0.113. The van der Waals surface area contributed by atoms with Crippen molar-refractivity contribution in [3.63, 3.8) is 0 Å². The molecule has 2 heterocycles. The van der Waals surface area contributed by atoms with Crippen molar-refractivity contribution < 1.29 is 9.53 Å². The Bertz CT molecular complexity index is 998. The molecule has 0 radical (unpaired) electrons. The number of H-pyrrole nitrogens is 1. The van der Waals surface area contributed by atoms with Gasteiger partial charge in [0.05, 0.1) is 22.3 Å². The van der Waals surface area contributed by atoms with Gasteiger partial charge in [-0.15, -0.1) is 0 Å². The van der Waals surface area contributed by atoms with E-state index >= 15 is 0 Å². The fourth-order valence-corrected chi connectivity index (χ4v) is 3.76. The molecular weight excluding hydrogens is 374 g/mol. The van der Waals surface area contributed by atoms with Gasteiger partial charge in [0.25, 0.3) is 0 Å². The maximum absolute atomic E-state index is 12.6. The third-order valence-electron chi connectivity index (χ3n) is 4.64. The first-order chi connectivity index (χ1) is 13.5. The molecule has 2 aromatic heterocycles. The number of carbonyl (C=O) groups excluding carboxylic acids is 1. The number of amides is 1. The van der Waals surface area contributed by atoms with Crippen LogP contribution in [0.25, 0.3) is 11.0 Å². The number of aromatic amines is 1. The normalized spacial score (nSPS) is 10.9. The van der Waals surface area contributed by atoms with Crippen molar-refractivity contribution in [2.24, 2.45) is 0 Å². The first-order valence-corrected chi connectivity index (χ1v) is 9.99. The Morgan fingerprint density at radius 1 is 1.39 bits per heavy atom. The number of nitrogens with one attached hydrogen (secondary N) is 2. The monoisotopic (exact) mass is 397 g/mol. The van der Waals surface area contributed by atoms with Crippen LogP contribution in [0.15, 0.2) is 29.4 Å². The number of anilines is 1.